The van der Waals surface area contributed by atoms with E-state index in [9.17, 15) is 22.8 Å². The molecule has 1 amide bonds. The lowest BCUT2D eigenvalue weighted by Crippen LogP contribution is -2.35. The van der Waals surface area contributed by atoms with Crippen molar-refractivity contribution in [3.63, 3.8) is 0 Å². The Hall–Kier alpha value is -3.05. The van der Waals surface area contributed by atoms with Gasteiger partial charge in [-0.25, -0.2) is 9.48 Å². The molecule has 1 aliphatic carbocycles. The monoisotopic (exact) mass is 566 g/mol. The zero-order valence-corrected chi connectivity index (χ0v) is 22.3. The number of rotatable bonds is 5. The van der Waals surface area contributed by atoms with E-state index in [1.807, 2.05) is 0 Å². The van der Waals surface area contributed by atoms with Gasteiger partial charge < -0.3 is 15.4 Å². The highest BCUT2D eigenvalue weighted by atomic mass is 35.5. The van der Waals surface area contributed by atoms with Gasteiger partial charge in [-0.1, -0.05) is 48.9 Å². The van der Waals surface area contributed by atoms with E-state index in [2.05, 4.69) is 22.7 Å². The van der Waals surface area contributed by atoms with Crippen LogP contribution in [0.5, 0.6) is 0 Å². The van der Waals surface area contributed by atoms with Gasteiger partial charge in [-0.15, -0.1) is 11.3 Å². The Kier molecular flexibility index (Phi) is 7.17. The third-order valence-corrected chi connectivity index (χ3v) is 8.46. The summed E-state index contributed by atoms with van der Waals surface area (Å²) in [7, 11) is 0. The van der Waals surface area contributed by atoms with E-state index in [-0.39, 0.29) is 34.6 Å². The highest BCUT2D eigenvalue weighted by Crippen LogP contribution is 2.46. The minimum absolute atomic E-state index is 0.0795. The first-order chi connectivity index (χ1) is 18.1. The van der Waals surface area contributed by atoms with Crippen molar-refractivity contribution in [2.75, 3.05) is 17.2 Å². The quantitative estimate of drug-likeness (QED) is 0.331. The minimum atomic E-state index is -4.62. The third-order valence-electron chi connectivity index (χ3n) is 6.93. The molecular formula is C26H26ClF3N4O3S. The van der Waals surface area contributed by atoms with Gasteiger partial charge in [0, 0.05) is 11.3 Å². The van der Waals surface area contributed by atoms with Gasteiger partial charge in [-0.3, -0.25) is 4.79 Å². The van der Waals surface area contributed by atoms with Crippen LogP contribution in [0.2, 0.25) is 5.02 Å². The van der Waals surface area contributed by atoms with E-state index in [4.69, 9.17) is 16.3 Å². The number of carbonyl (C=O) groups excluding carboxylic acids is 2. The standard InChI is InChI=1S/C26H26ClF3N4O3S/c1-3-37-25(36)19-15-10-9-13(2)11-17(15)38-24(19)32-23(35)21-20(27)22-31-16(14-7-5-4-6-8-14)12-18(26(28,29)30)34(22)33-21/h4-8,13,16,18,31H,3,9-12H2,1-2H3,(H,32,35)/t13-,16-,18+/m1/s1. The number of anilines is 2. The molecule has 0 saturated heterocycles. The largest absolute Gasteiger partial charge is 0.462 e. The van der Waals surface area contributed by atoms with E-state index < -0.39 is 30.1 Å². The third kappa shape index (κ3) is 4.89. The summed E-state index contributed by atoms with van der Waals surface area (Å²) in [5.41, 5.74) is 1.45. The summed E-state index contributed by atoms with van der Waals surface area (Å²) in [6.07, 6.45) is -2.60. The molecule has 0 unspecified atom stereocenters. The maximum atomic E-state index is 14.1. The Morgan fingerprint density at radius 1 is 1.29 bits per heavy atom. The summed E-state index contributed by atoms with van der Waals surface area (Å²) < 4.78 is 48.3. The van der Waals surface area contributed by atoms with Crippen LogP contribution in [0.15, 0.2) is 30.3 Å². The average Bonchev–Trinajstić information content (AvgIpc) is 3.40. The summed E-state index contributed by atoms with van der Waals surface area (Å²) in [5.74, 6) is -0.996. The molecule has 0 saturated carbocycles. The number of esters is 1. The van der Waals surface area contributed by atoms with Gasteiger partial charge >= 0.3 is 12.1 Å². The lowest BCUT2D eigenvalue weighted by Gasteiger charge is -2.33. The molecule has 0 radical (unpaired) electrons. The molecule has 2 aromatic heterocycles. The summed E-state index contributed by atoms with van der Waals surface area (Å²) in [6, 6.07) is 6.07. The van der Waals surface area contributed by atoms with Gasteiger partial charge in [0.05, 0.1) is 18.2 Å². The van der Waals surface area contributed by atoms with Crippen molar-refractivity contribution < 1.29 is 27.5 Å². The van der Waals surface area contributed by atoms with Gasteiger partial charge in [0.25, 0.3) is 5.91 Å². The maximum Gasteiger partial charge on any atom is 0.410 e. The molecule has 38 heavy (non-hydrogen) atoms. The number of thiophene rings is 1. The van der Waals surface area contributed by atoms with Crippen LogP contribution < -0.4 is 10.6 Å². The Morgan fingerprint density at radius 3 is 2.71 bits per heavy atom. The molecule has 5 rings (SSSR count). The Labute approximate surface area is 226 Å². The molecule has 2 N–H and O–H groups in total. The highest BCUT2D eigenvalue weighted by Gasteiger charge is 2.48. The Morgan fingerprint density at radius 2 is 2.03 bits per heavy atom. The van der Waals surface area contributed by atoms with Crippen molar-refractivity contribution in [2.24, 2.45) is 5.92 Å². The second kappa shape index (κ2) is 10.3. The van der Waals surface area contributed by atoms with Crippen LogP contribution in [-0.2, 0) is 17.6 Å². The number of benzene rings is 1. The molecule has 3 atom stereocenters. The number of carbonyl (C=O) groups is 2. The predicted octanol–water partition coefficient (Wildman–Crippen LogP) is 6.81. The van der Waals surface area contributed by atoms with Crippen LogP contribution in [-0.4, -0.2) is 34.4 Å². The van der Waals surface area contributed by atoms with E-state index in [1.54, 1.807) is 37.3 Å². The first-order valence-electron chi connectivity index (χ1n) is 12.4. The number of alkyl halides is 3. The van der Waals surface area contributed by atoms with E-state index >= 15 is 0 Å². The molecule has 2 aliphatic rings. The molecule has 7 nitrogen and oxygen atoms in total. The van der Waals surface area contributed by atoms with E-state index in [0.717, 1.165) is 28.0 Å². The molecule has 3 heterocycles. The molecule has 1 aliphatic heterocycles. The fraction of sp³-hybridized carbons (Fsp3) is 0.423. The number of fused-ring (bicyclic) bond motifs is 2. The summed E-state index contributed by atoms with van der Waals surface area (Å²) in [4.78, 5) is 27.1. The van der Waals surface area contributed by atoms with Crippen molar-refractivity contribution in [3.8, 4) is 0 Å². The Bertz CT molecular complexity index is 1370. The number of aromatic nitrogens is 2. The number of amides is 1. The van der Waals surface area contributed by atoms with E-state index in [0.29, 0.717) is 23.5 Å². The van der Waals surface area contributed by atoms with Crippen LogP contribution in [0, 0.1) is 5.92 Å². The molecule has 0 spiro atoms. The fourth-order valence-corrected chi connectivity index (χ4v) is 6.72. The lowest BCUT2D eigenvalue weighted by molar-refractivity contribution is -0.173. The lowest BCUT2D eigenvalue weighted by atomic mass is 9.88. The number of hydrogen-bond donors (Lipinski definition) is 2. The highest BCUT2D eigenvalue weighted by molar-refractivity contribution is 7.17. The number of nitrogens with one attached hydrogen (secondary N) is 2. The van der Waals surface area contributed by atoms with Gasteiger partial charge in [-0.05, 0) is 43.2 Å². The number of ether oxygens (including phenoxy) is 1. The van der Waals surface area contributed by atoms with Crippen molar-refractivity contribution in [3.05, 3.63) is 62.6 Å². The summed E-state index contributed by atoms with van der Waals surface area (Å²) >= 11 is 7.76. The zero-order valence-electron chi connectivity index (χ0n) is 20.7. The number of hydrogen-bond acceptors (Lipinski definition) is 6. The van der Waals surface area contributed by atoms with Gasteiger partial charge in [0.15, 0.2) is 11.7 Å². The van der Waals surface area contributed by atoms with Crippen LogP contribution in [0.25, 0.3) is 0 Å². The predicted molar refractivity (Wildman–Crippen MR) is 139 cm³/mol. The number of nitrogens with zero attached hydrogens (tertiary/aromatic N) is 2. The second-order valence-corrected chi connectivity index (χ2v) is 11.1. The first kappa shape index (κ1) is 26.6. The van der Waals surface area contributed by atoms with Gasteiger partial charge in [0.1, 0.15) is 15.8 Å². The molecule has 1 aromatic carbocycles. The summed E-state index contributed by atoms with van der Waals surface area (Å²) in [6.45, 7) is 3.98. The van der Waals surface area contributed by atoms with Crippen molar-refractivity contribution >= 4 is 45.6 Å². The molecule has 0 fully saturated rings. The molecular weight excluding hydrogens is 541 g/mol. The van der Waals surface area contributed by atoms with Crippen LogP contribution in [0.1, 0.15) is 75.6 Å². The normalized spacial score (nSPS) is 20.7. The van der Waals surface area contributed by atoms with Crippen LogP contribution >= 0.6 is 22.9 Å². The van der Waals surface area contributed by atoms with Gasteiger partial charge in [0.2, 0.25) is 0 Å². The van der Waals surface area contributed by atoms with Crippen molar-refractivity contribution in [2.45, 2.75) is 57.8 Å². The van der Waals surface area contributed by atoms with Crippen LogP contribution in [0.4, 0.5) is 24.0 Å². The molecule has 0 bridgehead atoms. The zero-order chi connectivity index (χ0) is 27.2. The van der Waals surface area contributed by atoms with Crippen molar-refractivity contribution in [1.29, 1.82) is 0 Å². The number of halogens is 4. The van der Waals surface area contributed by atoms with E-state index in [1.165, 1.54) is 11.3 Å². The Balaban J connectivity index is 1.50. The summed E-state index contributed by atoms with van der Waals surface area (Å²) in [5, 5.41) is 9.80. The molecule has 202 valence electrons. The average molecular weight is 567 g/mol. The first-order valence-corrected chi connectivity index (χ1v) is 13.6. The van der Waals surface area contributed by atoms with Gasteiger partial charge in [-0.2, -0.15) is 18.3 Å². The second-order valence-electron chi connectivity index (χ2n) is 9.59. The molecule has 12 heteroatoms. The maximum absolute atomic E-state index is 14.1. The van der Waals surface area contributed by atoms with Crippen LogP contribution in [0.3, 0.4) is 0 Å². The smallest absolute Gasteiger partial charge is 0.410 e. The topological polar surface area (TPSA) is 85.2 Å². The molecule has 3 aromatic rings. The fourth-order valence-electron chi connectivity index (χ4n) is 5.06. The van der Waals surface area contributed by atoms with Crippen molar-refractivity contribution in [1.82, 2.24) is 9.78 Å². The SMILES string of the molecule is CCOC(=O)c1c(NC(=O)c2nn3c(c2Cl)N[C@@H](c2ccccc2)C[C@H]3C(F)(F)F)sc2c1CC[C@@H](C)C2. The minimum Gasteiger partial charge on any atom is -0.462 e.